The highest BCUT2D eigenvalue weighted by molar-refractivity contribution is 5.69. The highest BCUT2D eigenvalue weighted by Crippen LogP contribution is 2.30. The third-order valence-corrected chi connectivity index (χ3v) is 2.21. The molecule has 0 radical (unpaired) electrons. The second kappa shape index (κ2) is 4.49. The van der Waals surface area contributed by atoms with Gasteiger partial charge in [-0.25, -0.2) is 0 Å². The molecule has 0 amide bonds. The Morgan fingerprint density at radius 2 is 2.07 bits per heavy atom. The normalized spacial score (nSPS) is 29.1. The fourth-order valence-corrected chi connectivity index (χ4v) is 1.56. The Labute approximate surface area is 90.9 Å². The van der Waals surface area contributed by atoms with Gasteiger partial charge in [-0.2, -0.15) is 0 Å². The van der Waals surface area contributed by atoms with Crippen molar-refractivity contribution < 1.29 is 19.0 Å². The molecule has 0 spiro atoms. The Hall–Kier alpha value is -0.610. The van der Waals surface area contributed by atoms with Crippen LogP contribution in [0.5, 0.6) is 0 Å². The second-order valence-corrected chi connectivity index (χ2v) is 4.65. The van der Waals surface area contributed by atoms with Crippen molar-refractivity contribution >= 4 is 5.97 Å². The fourth-order valence-electron chi connectivity index (χ4n) is 1.56. The zero-order valence-electron chi connectivity index (χ0n) is 9.96. The molecule has 15 heavy (non-hydrogen) atoms. The van der Waals surface area contributed by atoms with Crippen molar-refractivity contribution in [2.45, 2.75) is 51.9 Å². The molecule has 1 atom stereocenters. The molecule has 0 bridgehead atoms. The summed E-state index contributed by atoms with van der Waals surface area (Å²) in [6, 6.07) is 0. The van der Waals surface area contributed by atoms with E-state index in [0.29, 0.717) is 13.0 Å². The van der Waals surface area contributed by atoms with Crippen LogP contribution in [0.3, 0.4) is 0 Å². The van der Waals surface area contributed by atoms with E-state index in [2.05, 4.69) is 0 Å². The van der Waals surface area contributed by atoms with Crippen LogP contribution in [0, 0.1) is 0 Å². The monoisotopic (exact) mass is 216 g/mol. The summed E-state index contributed by atoms with van der Waals surface area (Å²) < 4.78 is 16.2. The second-order valence-electron chi connectivity index (χ2n) is 4.65. The average molecular weight is 216 g/mol. The lowest BCUT2D eigenvalue weighted by Crippen LogP contribution is -2.36. The highest BCUT2D eigenvalue weighted by Gasteiger charge is 2.42. The van der Waals surface area contributed by atoms with Gasteiger partial charge < -0.3 is 14.2 Å². The Morgan fingerprint density at radius 1 is 1.40 bits per heavy atom. The molecule has 4 heteroatoms. The maximum Gasteiger partial charge on any atom is 0.305 e. The minimum atomic E-state index is -0.577. The van der Waals surface area contributed by atoms with Crippen LogP contribution in [-0.4, -0.2) is 30.6 Å². The van der Waals surface area contributed by atoms with Gasteiger partial charge in [-0.3, -0.25) is 4.79 Å². The largest absolute Gasteiger partial charge is 0.463 e. The number of carbonyl (C=O) groups is 1. The molecule has 0 unspecified atom stereocenters. The van der Waals surface area contributed by atoms with E-state index in [-0.39, 0.29) is 12.6 Å². The van der Waals surface area contributed by atoms with Crippen LogP contribution in [0.25, 0.3) is 0 Å². The molecule has 1 fully saturated rings. The number of hydrogen-bond acceptors (Lipinski definition) is 4. The van der Waals surface area contributed by atoms with E-state index in [1.807, 2.05) is 27.7 Å². The van der Waals surface area contributed by atoms with Gasteiger partial charge in [-0.1, -0.05) is 6.92 Å². The molecule has 0 aromatic rings. The number of esters is 1. The predicted octanol–water partition coefficient (Wildman–Crippen LogP) is 1.87. The maximum absolute atomic E-state index is 11.2. The summed E-state index contributed by atoms with van der Waals surface area (Å²) in [6.07, 6.45) is 1.26. The van der Waals surface area contributed by atoms with Crippen LogP contribution >= 0.6 is 0 Å². The Bertz CT molecular complexity index is 237. The van der Waals surface area contributed by atoms with E-state index in [9.17, 15) is 4.79 Å². The molecule has 0 N–H and O–H groups in total. The molecule has 0 aromatic heterocycles. The minimum Gasteiger partial charge on any atom is -0.463 e. The molecule has 1 aliphatic rings. The first-order valence-corrected chi connectivity index (χ1v) is 5.37. The van der Waals surface area contributed by atoms with E-state index in [4.69, 9.17) is 14.2 Å². The molecule has 1 rings (SSSR count). The van der Waals surface area contributed by atoms with Crippen LogP contribution in [0.2, 0.25) is 0 Å². The van der Waals surface area contributed by atoms with Crippen molar-refractivity contribution in [2.24, 2.45) is 0 Å². The van der Waals surface area contributed by atoms with Gasteiger partial charge in [0.1, 0.15) is 12.2 Å². The van der Waals surface area contributed by atoms with Crippen molar-refractivity contribution in [3.63, 3.8) is 0 Å². The van der Waals surface area contributed by atoms with Crippen molar-refractivity contribution in [1.82, 2.24) is 0 Å². The predicted molar refractivity (Wildman–Crippen MR) is 55.4 cm³/mol. The van der Waals surface area contributed by atoms with E-state index < -0.39 is 11.4 Å². The lowest BCUT2D eigenvalue weighted by Gasteiger charge is -2.24. The third kappa shape index (κ3) is 3.80. The summed E-state index contributed by atoms with van der Waals surface area (Å²) in [5, 5.41) is 0. The van der Waals surface area contributed by atoms with Crippen LogP contribution < -0.4 is 0 Å². The van der Waals surface area contributed by atoms with E-state index in [1.54, 1.807) is 0 Å². The van der Waals surface area contributed by atoms with Gasteiger partial charge in [-0.05, 0) is 27.2 Å². The molecule has 88 valence electrons. The molecule has 0 aromatic carbocycles. The SMILES string of the molecule is CCCC(=O)OC[C@@]1(C)COC(C)(C)O1. The van der Waals surface area contributed by atoms with Gasteiger partial charge in [0, 0.05) is 6.42 Å². The Balaban J connectivity index is 2.36. The van der Waals surface area contributed by atoms with Gasteiger partial charge in [0.05, 0.1) is 6.61 Å². The number of carbonyl (C=O) groups excluding carboxylic acids is 1. The quantitative estimate of drug-likeness (QED) is 0.673. The van der Waals surface area contributed by atoms with Crippen LogP contribution in [-0.2, 0) is 19.0 Å². The van der Waals surface area contributed by atoms with Crippen molar-refractivity contribution in [3.05, 3.63) is 0 Å². The lowest BCUT2D eigenvalue weighted by atomic mass is 10.1. The summed E-state index contributed by atoms with van der Waals surface area (Å²) in [5.74, 6) is -0.752. The molecule has 0 aliphatic carbocycles. The van der Waals surface area contributed by atoms with Crippen LogP contribution in [0.1, 0.15) is 40.5 Å². The van der Waals surface area contributed by atoms with Crippen molar-refractivity contribution in [3.8, 4) is 0 Å². The lowest BCUT2D eigenvalue weighted by molar-refractivity contribution is -0.175. The van der Waals surface area contributed by atoms with Crippen molar-refractivity contribution in [2.75, 3.05) is 13.2 Å². The Kier molecular flexibility index (Phi) is 3.73. The molecule has 0 saturated carbocycles. The summed E-state index contributed by atoms with van der Waals surface area (Å²) >= 11 is 0. The van der Waals surface area contributed by atoms with Crippen molar-refractivity contribution in [1.29, 1.82) is 0 Å². The molecule has 1 aliphatic heterocycles. The first kappa shape index (κ1) is 12.5. The fraction of sp³-hybridized carbons (Fsp3) is 0.909. The minimum absolute atomic E-state index is 0.174. The zero-order valence-corrected chi connectivity index (χ0v) is 9.96. The van der Waals surface area contributed by atoms with Gasteiger partial charge in [0.2, 0.25) is 0 Å². The van der Waals surface area contributed by atoms with E-state index >= 15 is 0 Å². The third-order valence-electron chi connectivity index (χ3n) is 2.21. The van der Waals surface area contributed by atoms with E-state index in [0.717, 1.165) is 6.42 Å². The summed E-state index contributed by atoms with van der Waals surface area (Å²) in [4.78, 5) is 11.2. The number of ether oxygens (including phenoxy) is 3. The maximum atomic E-state index is 11.2. The average Bonchev–Trinajstić information content (AvgIpc) is 2.39. The Morgan fingerprint density at radius 3 is 2.53 bits per heavy atom. The number of hydrogen-bond donors (Lipinski definition) is 0. The summed E-state index contributed by atoms with van der Waals surface area (Å²) in [5.41, 5.74) is -0.507. The summed E-state index contributed by atoms with van der Waals surface area (Å²) in [7, 11) is 0. The highest BCUT2D eigenvalue weighted by atomic mass is 16.8. The van der Waals surface area contributed by atoms with Gasteiger partial charge in [0.25, 0.3) is 0 Å². The topological polar surface area (TPSA) is 44.8 Å². The van der Waals surface area contributed by atoms with Crippen LogP contribution in [0.4, 0.5) is 0 Å². The zero-order chi connectivity index (χ0) is 11.5. The smallest absolute Gasteiger partial charge is 0.305 e. The van der Waals surface area contributed by atoms with E-state index in [1.165, 1.54) is 0 Å². The van der Waals surface area contributed by atoms with Gasteiger partial charge in [0.15, 0.2) is 5.79 Å². The molecular formula is C11H20O4. The van der Waals surface area contributed by atoms with Crippen LogP contribution in [0.15, 0.2) is 0 Å². The molecule has 1 heterocycles. The first-order chi connectivity index (χ1) is 6.87. The summed E-state index contributed by atoms with van der Waals surface area (Å²) in [6.45, 7) is 8.26. The van der Waals surface area contributed by atoms with Gasteiger partial charge >= 0.3 is 5.97 Å². The molecule has 1 saturated heterocycles. The molecule has 4 nitrogen and oxygen atoms in total. The van der Waals surface area contributed by atoms with Gasteiger partial charge in [-0.15, -0.1) is 0 Å². The molecular weight excluding hydrogens is 196 g/mol. The standard InChI is InChI=1S/C11H20O4/c1-5-6-9(12)13-7-11(4)8-14-10(2,3)15-11/h5-8H2,1-4H3/t11-/m0/s1. The number of rotatable bonds is 4. The first-order valence-electron chi connectivity index (χ1n) is 5.37.